The Morgan fingerprint density at radius 1 is 0.950 bits per heavy atom. The van der Waals surface area contributed by atoms with Crippen molar-refractivity contribution >= 4 is 17.5 Å². The Balaban J connectivity index is 1.75. The zero-order valence-corrected chi connectivity index (χ0v) is 10.9. The van der Waals surface area contributed by atoms with Crippen LogP contribution in [0.3, 0.4) is 0 Å². The molecule has 0 atom stereocenters. The van der Waals surface area contributed by atoms with Gasteiger partial charge in [0.15, 0.2) is 0 Å². The van der Waals surface area contributed by atoms with Crippen LogP contribution < -0.4 is 10.6 Å². The van der Waals surface area contributed by atoms with Crippen LogP contribution >= 0.6 is 0 Å². The Morgan fingerprint density at radius 2 is 1.70 bits per heavy atom. The van der Waals surface area contributed by atoms with Crippen LogP contribution in [0.25, 0.3) is 0 Å². The number of nitrogens with zero attached hydrogens (tertiary/aromatic N) is 1. The molecule has 0 spiro atoms. The van der Waals surface area contributed by atoms with E-state index in [2.05, 4.69) is 15.6 Å². The fraction of sp³-hybridized carbons (Fsp3) is 0.133. The number of para-hydroxylation sites is 1. The minimum Gasteiger partial charge on any atom is -0.350 e. The third-order valence-electron chi connectivity index (χ3n) is 2.57. The Kier molecular flexibility index (Phi) is 4.83. The molecule has 0 unspecified atom stereocenters. The average Bonchev–Trinajstić information content (AvgIpc) is 2.47. The van der Waals surface area contributed by atoms with Gasteiger partial charge >= 0.3 is 0 Å². The van der Waals surface area contributed by atoms with Crippen LogP contribution in [-0.4, -0.2) is 16.8 Å². The molecule has 0 fully saturated rings. The predicted molar refractivity (Wildman–Crippen MR) is 75.8 cm³/mol. The molecule has 20 heavy (non-hydrogen) atoms. The van der Waals surface area contributed by atoms with Crippen LogP contribution in [0.5, 0.6) is 0 Å². The van der Waals surface area contributed by atoms with Crippen molar-refractivity contribution in [3.05, 3.63) is 60.4 Å². The number of amides is 2. The fourth-order valence-electron chi connectivity index (χ4n) is 1.63. The van der Waals surface area contributed by atoms with Crippen LogP contribution in [0.4, 0.5) is 5.69 Å². The number of benzene rings is 1. The zero-order chi connectivity index (χ0) is 14.2. The van der Waals surface area contributed by atoms with Crippen molar-refractivity contribution in [2.45, 2.75) is 13.0 Å². The number of hydrogen-bond donors (Lipinski definition) is 2. The van der Waals surface area contributed by atoms with Gasteiger partial charge in [0.2, 0.25) is 11.8 Å². The van der Waals surface area contributed by atoms with Crippen LogP contribution in [0.15, 0.2) is 54.7 Å². The molecule has 2 aromatic rings. The molecule has 1 heterocycles. The first-order valence-electron chi connectivity index (χ1n) is 6.25. The Hall–Kier alpha value is -2.69. The van der Waals surface area contributed by atoms with E-state index < -0.39 is 0 Å². The lowest BCUT2D eigenvalue weighted by atomic mass is 10.3. The lowest BCUT2D eigenvalue weighted by Crippen LogP contribution is -2.28. The molecule has 0 aliphatic carbocycles. The van der Waals surface area contributed by atoms with Gasteiger partial charge in [-0.15, -0.1) is 0 Å². The van der Waals surface area contributed by atoms with Gasteiger partial charge in [0, 0.05) is 11.9 Å². The van der Waals surface area contributed by atoms with Crippen molar-refractivity contribution < 1.29 is 9.59 Å². The second-order valence-corrected chi connectivity index (χ2v) is 4.19. The first kappa shape index (κ1) is 13.7. The number of carbonyl (C=O) groups excluding carboxylic acids is 2. The first-order chi connectivity index (χ1) is 9.74. The van der Waals surface area contributed by atoms with E-state index in [1.807, 2.05) is 30.3 Å². The van der Waals surface area contributed by atoms with E-state index in [-0.39, 0.29) is 18.2 Å². The number of carbonyl (C=O) groups is 2. The van der Waals surface area contributed by atoms with Crippen LogP contribution in [0.2, 0.25) is 0 Å². The van der Waals surface area contributed by atoms with Gasteiger partial charge in [0.1, 0.15) is 6.42 Å². The van der Waals surface area contributed by atoms with E-state index >= 15 is 0 Å². The van der Waals surface area contributed by atoms with Crippen LogP contribution in [0, 0.1) is 0 Å². The fourth-order valence-corrected chi connectivity index (χ4v) is 1.63. The minimum absolute atomic E-state index is 0.207. The van der Waals surface area contributed by atoms with Gasteiger partial charge in [-0.3, -0.25) is 14.6 Å². The zero-order valence-electron chi connectivity index (χ0n) is 10.9. The number of pyridine rings is 1. The quantitative estimate of drug-likeness (QED) is 0.812. The SMILES string of the molecule is O=C(CC(=O)Nc1ccccc1)NCc1ccccn1. The number of hydrogen-bond acceptors (Lipinski definition) is 3. The highest BCUT2D eigenvalue weighted by Crippen LogP contribution is 2.05. The van der Waals surface area contributed by atoms with E-state index in [9.17, 15) is 9.59 Å². The Morgan fingerprint density at radius 3 is 2.40 bits per heavy atom. The molecule has 2 rings (SSSR count). The van der Waals surface area contributed by atoms with Crippen molar-refractivity contribution in [1.29, 1.82) is 0 Å². The highest BCUT2D eigenvalue weighted by molar-refractivity contribution is 6.03. The first-order valence-corrected chi connectivity index (χ1v) is 6.25. The molecule has 2 amide bonds. The highest BCUT2D eigenvalue weighted by atomic mass is 16.2. The summed E-state index contributed by atoms with van der Waals surface area (Å²) in [5.41, 5.74) is 1.43. The summed E-state index contributed by atoms with van der Waals surface area (Å²) in [7, 11) is 0. The summed E-state index contributed by atoms with van der Waals surface area (Å²) in [5.74, 6) is -0.668. The summed E-state index contributed by atoms with van der Waals surface area (Å²) in [6.45, 7) is 0.318. The van der Waals surface area contributed by atoms with Gasteiger partial charge in [-0.1, -0.05) is 24.3 Å². The van der Waals surface area contributed by atoms with Crippen molar-refractivity contribution in [2.75, 3.05) is 5.32 Å². The highest BCUT2D eigenvalue weighted by Gasteiger charge is 2.09. The molecular weight excluding hydrogens is 254 g/mol. The van der Waals surface area contributed by atoms with Crippen LogP contribution in [-0.2, 0) is 16.1 Å². The third kappa shape index (κ3) is 4.53. The lowest BCUT2D eigenvalue weighted by molar-refractivity contribution is -0.126. The second kappa shape index (κ2) is 7.04. The van der Waals surface area contributed by atoms with Crippen molar-refractivity contribution in [3.8, 4) is 0 Å². The minimum atomic E-state index is -0.338. The van der Waals surface area contributed by atoms with Gasteiger partial charge in [0.05, 0.1) is 12.2 Å². The summed E-state index contributed by atoms with van der Waals surface area (Å²) < 4.78 is 0. The molecule has 0 aliphatic rings. The van der Waals surface area contributed by atoms with Crippen molar-refractivity contribution in [3.63, 3.8) is 0 Å². The van der Waals surface area contributed by atoms with Crippen molar-refractivity contribution in [2.24, 2.45) is 0 Å². The van der Waals surface area contributed by atoms with Crippen LogP contribution in [0.1, 0.15) is 12.1 Å². The molecule has 1 aromatic carbocycles. The van der Waals surface area contributed by atoms with E-state index in [4.69, 9.17) is 0 Å². The number of aromatic nitrogens is 1. The summed E-state index contributed by atoms with van der Waals surface area (Å²) in [6, 6.07) is 14.5. The molecule has 0 aliphatic heterocycles. The monoisotopic (exact) mass is 269 g/mol. The molecule has 0 radical (unpaired) electrons. The van der Waals surface area contributed by atoms with E-state index in [0.29, 0.717) is 12.2 Å². The van der Waals surface area contributed by atoms with Gasteiger partial charge in [-0.2, -0.15) is 0 Å². The molecular formula is C15H15N3O2. The molecule has 0 saturated carbocycles. The maximum absolute atomic E-state index is 11.6. The summed E-state index contributed by atoms with van der Waals surface area (Å²) in [5, 5.41) is 5.31. The van der Waals surface area contributed by atoms with Gasteiger partial charge < -0.3 is 10.6 Å². The molecule has 2 N–H and O–H groups in total. The standard InChI is InChI=1S/C15H15N3O2/c19-14(17-11-13-8-4-5-9-16-13)10-15(20)18-12-6-2-1-3-7-12/h1-9H,10-11H2,(H,17,19)(H,18,20). The molecule has 0 saturated heterocycles. The molecule has 0 bridgehead atoms. The number of anilines is 1. The van der Waals surface area contributed by atoms with Gasteiger partial charge in [0.25, 0.3) is 0 Å². The van der Waals surface area contributed by atoms with Crippen molar-refractivity contribution in [1.82, 2.24) is 10.3 Å². The summed E-state index contributed by atoms with van der Waals surface area (Å²) >= 11 is 0. The predicted octanol–water partition coefficient (Wildman–Crippen LogP) is 1.73. The van der Waals surface area contributed by atoms with Gasteiger partial charge in [-0.05, 0) is 24.3 Å². The lowest BCUT2D eigenvalue weighted by Gasteiger charge is -2.06. The van der Waals surface area contributed by atoms with Gasteiger partial charge in [-0.25, -0.2) is 0 Å². The normalized spacial score (nSPS) is 9.80. The Bertz CT molecular complexity index is 570. The number of nitrogens with one attached hydrogen (secondary N) is 2. The Labute approximate surface area is 117 Å². The smallest absolute Gasteiger partial charge is 0.233 e. The average molecular weight is 269 g/mol. The molecule has 5 nitrogen and oxygen atoms in total. The largest absolute Gasteiger partial charge is 0.350 e. The maximum atomic E-state index is 11.6. The molecule has 102 valence electrons. The topological polar surface area (TPSA) is 71.1 Å². The second-order valence-electron chi connectivity index (χ2n) is 4.19. The third-order valence-corrected chi connectivity index (χ3v) is 2.57. The van der Waals surface area contributed by atoms with E-state index in [1.165, 1.54) is 0 Å². The summed E-state index contributed by atoms with van der Waals surface area (Å²) in [6.07, 6.45) is 1.45. The van der Waals surface area contributed by atoms with E-state index in [0.717, 1.165) is 5.69 Å². The number of rotatable bonds is 5. The van der Waals surface area contributed by atoms with E-state index in [1.54, 1.807) is 24.4 Å². The molecule has 5 heteroatoms. The summed E-state index contributed by atoms with van der Waals surface area (Å²) in [4.78, 5) is 27.3. The molecule has 1 aromatic heterocycles. The maximum Gasteiger partial charge on any atom is 0.233 e.